The summed E-state index contributed by atoms with van der Waals surface area (Å²) in [7, 11) is -1.22. The van der Waals surface area contributed by atoms with Crippen LogP contribution in [0.4, 0.5) is 18.0 Å². The largest absolute Gasteiger partial charge is 0.522 e. The van der Waals surface area contributed by atoms with E-state index < -0.39 is 32.2 Å². The van der Waals surface area contributed by atoms with E-state index in [0.29, 0.717) is 18.3 Å². The van der Waals surface area contributed by atoms with Gasteiger partial charge in [-0.25, -0.2) is 4.79 Å². The highest BCUT2D eigenvalue weighted by molar-refractivity contribution is 7.82. The average molecular weight is 455 g/mol. The van der Waals surface area contributed by atoms with Gasteiger partial charge in [-0.2, -0.15) is 17.6 Å². The maximum absolute atomic E-state index is 12.7. The van der Waals surface area contributed by atoms with Gasteiger partial charge in [0.1, 0.15) is 5.60 Å². The van der Waals surface area contributed by atoms with Crippen LogP contribution >= 0.6 is 20.7 Å². The minimum atomic E-state index is -4.64. The molecule has 1 saturated heterocycles. The zero-order valence-electron chi connectivity index (χ0n) is 16.7. The first-order valence-electron chi connectivity index (χ1n) is 9.31. The number of nitrogens with zero attached hydrogens (tertiary/aromatic N) is 3. The summed E-state index contributed by atoms with van der Waals surface area (Å²) in [6.07, 6.45) is -4.26. The molecule has 1 aliphatic heterocycles. The van der Waals surface area contributed by atoms with Crippen LogP contribution < -0.4 is 5.57 Å². The van der Waals surface area contributed by atoms with Crippen LogP contribution in [0, 0.1) is 0 Å². The molecule has 0 aromatic carbocycles. The molecule has 164 valence electrons. The second kappa shape index (κ2) is 7.89. The summed E-state index contributed by atoms with van der Waals surface area (Å²) in [6, 6.07) is 0. The second-order valence-electron chi connectivity index (χ2n) is 8.69. The lowest BCUT2D eigenvalue weighted by Crippen LogP contribution is -2.47. The topological polar surface area (TPSA) is 77.7 Å². The summed E-state index contributed by atoms with van der Waals surface area (Å²) in [4.78, 5) is 17.1. The molecular weight excluding hydrogens is 430 g/mol. The van der Waals surface area contributed by atoms with Gasteiger partial charge in [0.2, 0.25) is 11.5 Å². The molecule has 0 N–H and O–H groups in total. The van der Waals surface area contributed by atoms with Gasteiger partial charge in [0.05, 0.1) is 14.2 Å². The third kappa shape index (κ3) is 5.98. The number of carbonyl (C=O) groups is 1. The molecule has 1 amide bonds. The zero-order chi connectivity index (χ0) is 21.6. The Balaban J connectivity index is 1.69. The van der Waals surface area contributed by atoms with Crippen LogP contribution in [-0.4, -0.2) is 56.4 Å². The Bertz CT molecular complexity index is 747. The smallest absolute Gasteiger partial charge is 0.443 e. The number of thiol groups is 1. The molecular formula is C17H25F3N3O4PS. The van der Waals surface area contributed by atoms with Crippen molar-refractivity contribution in [2.24, 2.45) is 0 Å². The highest BCUT2D eigenvalue weighted by Gasteiger charge is 2.44. The number of hydrogen-bond donors (Lipinski definition) is 1. The first-order chi connectivity index (χ1) is 13.2. The Morgan fingerprint density at radius 3 is 2.59 bits per heavy atom. The maximum atomic E-state index is 12.7. The van der Waals surface area contributed by atoms with E-state index in [2.05, 4.69) is 27.5 Å². The Morgan fingerprint density at radius 2 is 2.00 bits per heavy atom. The van der Waals surface area contributed by atoms with Crippen molar-refractivity contribution in [2.45, 2.75) is 75.7 Å². The lowest BCUT2D eigenvalue weighted by molar-refractivity contribution is -0.352. The number of amides is 1. The summed E-state index contributed by atoms with van der Waals surface area (Å²) in [5, 5.41) is 4.02. The van der Waals surface area contributed by atoms with Crippen molar-refractivity contribution in [3.63, 3.8) is 0 Å². The van der Waals surface area contributed by atoms with Crippen LogP contribution in [0.15, 0.2) is 4.52 Å². The Morgan fingerprint density at radius 1 is 1.34 bits per heavy atom. The highest BCUT2D eigenvalue weighted by Crippen LogP contribution is 2.48. The Hall–Kier alpha value is -1.06. The van der Waals surface area contributed by atoms with E-state index in [-0.39, 0.29) is 29.4 Å². The zero-order valence-corrected chi connectivity index (χ0v) is 18.5. The fourth-order valence-corrected chi connectivity index (χ4v) is 6.16. The molecule has 1 saturated carbocycles. The van der Waals surface area contributed by atoms with E-state index in [9.17, 15) is 18.0 Å². The van der Waals surface area contributed by atoms with Crippen LogP contribution in [0.3, 0.4) is 0 Å². The van der Waals surface area contributed by atoms with Gasteiger partial charge in [0, 0.05) is 17.2 Å². The van der Waals surface area contributed by atoms with E-state index in [1.165, 1.54) is 0 Å². The number of alkyl halides is 3. The maximum Gasteiger partial charge on any atom is 0.522 e. The number of hydrogen-bond acceptors (Lipinski definition) is 7. The van der Waals surface area contributed by atoms with E-state index >= 15 is 0 Å². The third-order valence-corrected chi connectivity index (χ3v) is 7.20. The van der Waals surface area contributed by atoms with Crippen molar-refractivity contribution in [2.75, 3.05) is 12.7 Å². The Kier molecular flexibility index (Phi) is 6.15. The lowest BCUT2D eigenvalue weighted by Gasteiger charge is -2.41. The van der Waals surface area contributed by atoms with Gasteiger partial charge >= 0.3 is 12.5 Å². The minimum absolute atomic E-state index is 0.170. The van der Waals surface area contributed by atoms with Gasteiger partial charge < -0.3 is 9.26 Å². The van der Waals surface area contributed by atoms with Gasteiger partial charge in [-0.1, -0.05) is 5.16 Å². The second-order valence-corrected chi connectivity index (χ2v) is 11.9. The van der Waals surface area contributed by atoms with Crippen molar-refractivity contribution in [1.29, 1.82) is 0 Å². The third-order valence-electron chi connectivity index (χ3n) is 4.65. The minimum Gasteiger partial charge on any atom is -0.443 e. The molecule has 1 unspecified atom stereocenters. The van der Waals surface area contributed by atoms with Crippen molar-refractivity contribution < 1.29 is 32.0 Å². The van der Waals surface area contributed by atoms with Crippen LogP contribution in [0.2, 0.25) is 0 Å². The van der Waals surface area contributed by atoms with Crippen LogP contribution in [-0.2, 0) is 9.47 Å². The van der Waals surface area contributed by atoms with Crippen LogP contribution in [0.25, 0.3) is 0 Å². The monoisotopic (exact) mass is 455 g/mol. The molecule has 2 fully saturated rings. The quantitative estimate of drug-likeness (QED) is 0.544. The van der Waals surface area contributed by atoms with Crippen molar-refractivity contribution in [3.8, 4) is 0 Å². The lowest BCUT2D eigenvalue weighted by atomic mass is 9.82. The van der Waals surface area contributed by atoms with E-state index in [4.69, 9.17) is 9.26 Å². The SMILES string of the molecule is CC(C)(C)OC(=O)N1C[C@@](C)(S)CCP1c1noc(C2CC(OC(F)(F)F)C2)n1. The van der Waals surface area contributed by atoms with Gasteiger partial charge in [0.15, 0.2) is 0 Å². The summed E-state index contributed by atoms with van der Waals surface area (Å²) >= 11 is 4.63. The molecule has 2 heterocycles. The number of ether oxygens (including phenoxy) is 2. The molecule has 12 heteroatoms. The summed E-state index contributed by atoms with van der Waals surface area (Å²) in [6.45, 7) is 7.71. The number of halogens is 3. The first-order valence-corrected chi connectivity index (χ1v) is 11.2. The molecule has 2 aliphatic rings. The van der Waals surface area contributed by atoms with Crippen molar-refractivity contribution in [3.05, 3.63) is 5.89 Å². The number of rotatable bonds is 3. The van der Waals surface area contributed by atoms with Gasteiger partial charge in [-0.3, -0.25) is 9.41 Å². The predicted molar refractivity (Wildman–Crippen MR) is 104 cm³/mol. The molecule has 0 bridgehead atoms. The average Bonchev–Trinajstić information content (AvgIpc) is 2.96. The summed E-state index contributed by atoms with van der Waals surface area (Å²) in [5.41, 5.74) is -0.255. The molecule has 29 heavy (non-hydrogen) atoms. The first kappa shape index (κ1) is 22.6. The molecule has 0 spiro atoms. The molecule has 0 radical (unpaired) electrons. The summed E-state index contributed by atoms with van der Waals surface area (Å²) < 4.78 is 52.9. The Labute approximate surface area is 173 Å². The van der Waals surface area contributed by atoms with E-state index in [1.807, 2.05) is 6.92 Å². The molecule has 1 aromatic rings. The standard InChI is InChI=1S/C17H25F3N3O4PS/c1-15(2,3)26-14(24)23-9-16(4,29)5-6-28(23)13-21-12(27-22-13)10-7-11(8-10)25-17(18,19)20/h10-11,29H,5-9H2,1-4H3/t10?,11?,16-,28?/m0/s1. The number of carbonyl (C=O) groups excluding carboxylic acids is 1. The molecule has 1 aromatic heterocycles. The van der Waals surface area contributed by atoms with Gasteiger partial charge in [0.25, 0.3) is 0 Å². The summed E-state index contributed by atoms with van der Waals surface area (Å²) in [5.74, 6) is 0.0152. The van der Waals surface area contributed by atoms with Gasteiger partial charge in [-0.05, 0) is 53.1 Å². The fraction of sp³-hybridized carbons (Fsp3) is 0.824. The molecule has 7 nitrogen and oxygen atoms in total. The molecule has 3 rings (SSSR count). The predicted octanol–water partition coefficient (Wildman–Crippen LogP) is 4.20. The van der Waals surface area contributed by atoms with Crippen molar-refractivity contribution in [1.82, 2.24) is 14.8 Å². The van der Waals surface area contributed by atoms with Crippen LogP contribution in [0.5, 0.6) is 0 Å². The van der Waals surface area contributed by atoms with Crippen molar-refractivity contribution >= 4 is 32.4 Å². The van der Waals surface area contributed by atoms with Gasteiger partial charge in [-0.15, -0.1) is 13.2 Å². The normalized spacial score (nSPS) is 30.8. The number of aromatic nitrogens is 2. The van der Waals surface area contributed by atoms with E-state index in [1.54, 1.807) is 25.4 Å². The van der Waals surface area contributed by atoms with E-state index in [0.717, 1.165) is 6.42 Å². The fourth-order valence-electron chi connectivity index (χ4n) is 3.19. The molecule has 1 aliphatic carbocycles. The van der Waals surface area contributed by atoms with Crippen LogP contribution in [0.1, 0.15) is 58.8 Å². The molecule has 2 atom stereocenters. The highest BCUT2D eigenvalue weighted by atomic mass is 32.1.